The van der Waals surface area contributed by atoms with Gasteiger partial charge in [-0.1, -0.05) is 24.3 Å². The van der Waals surface area contributed by atoms with E-state index in [1.54, 1.807) is 18.2 Å². The Hall–Kier alpha value is -1.66. The molecule has 1 atom stereocenters. The Bertz CT molecular complexity index is 827. The van der Waals surface area contributed by atoms with Crippen LogP contribution in [0.25, 0.3) is 0 Å². The first-order valence-electron chi connectivity index (χ1n) is 12.5. The van der Waals surface area contributed by atoms with Crippen LogP contribution in [-0.2, 0) is 35.5 Å². The molecule has 2 fully saturated rings. The number of likely N-dealkylation sites (tertiary alicyclic amines) is 1. The fourth-order valence-corrected chi connectivity index (χ4v) is 5.89. The van der Waals surface area contributed by atoms with Gasteiger partial charge in [0.15, 0.2) is 0 Å². The Kier molecular flexibility index (Phi) is 7.28. The van der Waals surface area contributed by atoms with Crippen molar-refractivity contribution < 1.29 is 13.9 Å². The minimum absolute atomic E-state index is 0.375. The van der Waals surface area contributed by atoms with Crippen molar-refractivity contribution in [3.8, 4) is 0 Å². The van der Waals surface area contributed by atoms with E-state index in [1.165, 1.54) is 51.6 Å². The smallest absolute Gasteiger partial charge is 0.129 e. The molecule has 0 spiro atoms. The van der Waals surface area contributed by atoms with E-state index >= 15 is 0 Å². The summed E-state index contributed by atoms with van der Waals surface area (Å²) in [6, 6.07) is 13.9. The van der Waals surface area contributed by atoms with Crippen molar-refractivity contribution in [1.29, 1.82) is 0 Å². The fraction of sp³-hybridized carbons (Fsp3) is 0.630. The molecule has 0 radical (unpaired) electrons. The predicted molar refractivity (Wildman–Crippen MR) is 126 cm³/mol. The molecule has 1 unspecified atom stereocenters. The second-order valence-corrected chi connectivity index (χ2v) is 9.94. The van der Waals surface area contributed by atoms with Gasteiger partial charge in [0, 0.05) is 32.8 Å². The van der Waals surface area contributed by atoms with E-state index in [4.69, 9.17) is 13.9 Å². The van der Waals surface area contributed by atoms with Gasteiger partial charge in [-0.3, -0.25) is 9.80 Å². The van der Waals surface area contributed by atoms with Gasteiger partial charge in [-0.25, -0.2) is 0 Å². The molecule has 5 rings (SSSR count). The average Bonchev–Trinajstić information content (AvgIpc) is 3.56. The van der Waals surface area contributed by atoms with Gasteiger partial charge in [0.25, 0.3) is 0 Å². The monoisotopic (exact) mass is 438 g/mol. The number of methoxy groups -OCH3 is 1. The summed E-state index contributed by atoms with van der Waals surface area (Å²) in [5.41, 5.74) is 3.13. The highest BCUT2D eigenvalue weighted by molar-refractivity contribution is 5.33. The molecule has 1 aromatic carbocycles. The summed E-state index contributed by atoms with van der Waals surface area (Å²) in [6.45, 7) is 6.93. The molecule has 174 valence electrons. The number of hydrogen-bond acceptors (Lipinski definition) is 5. The van der Waals surface area contributed by atoms with Crippen molar-refractivity contribution in [1.82, 2.24) is 9.80 Å². The largest absolute Gasteiger partial charge is 0.462 e. The van der Waals surface area contributed by atoms with Crippen LogP contribution in [-0.4, -0.2) is 61.8 Å². The maximum atomic E-state index is 6.01. The first-order chi connectivity index (χ1) is 15.8. The number of nitrogens with zero attached hydrogens (tertiary/aromatic N) is 2. The molecule has 0 bridgehead atoms. The highest BCUT2D eigenvalue weighted by atomic mass is 16.5. The quantitative estimate of drug-likeness (QED) is 0.584. The van der Waals surface area contributed by atoms with E-state index in [9.17, 15) is 0 Å². The Morgan fingerprint density at radius 2 is 1.72 bits per heavy atom. The molecule has 32 heavy (non-hydrogen) atoms. The average molecular weight is 439 g/mol. The molecule has 0 saturated carbocycles. The van der Waals surface area contributed by atoms with Crippen LogP contribution in [0.2, 0.25) is 0 Å². The minimum Gasteiger partial charge on any atom is -0.462 e. The fourth-order valence-electron chi connectivity index (χ4n) is 5.89. The molecule has 1 aliphatic carbocycles. The van der Waals surface area contributed by atoms with E-state index in [1.807, 2.05) is 6.07 Å². The van der Waals surface area contributed by atoms with Crippen LogP contribution in [0.4, 0.5) is 0 Å². The van der Waals surface area contributed by atoms with Gasteiger partial charge in [0.05, 0.1) is 12.6 Å². The summed E-state index contributed by atoms with van der Waals surface area (Å²) < 4.78 is 17.2. The third kappa shape index (κ3) is 5.45. The zero-order valence-electron chi connectivity index (χ0n) is 19.5. The number of furan rings is 1. The number of rotatable bonds is 9. The molecular weight excluding hydrogens is 400 g/mol. The topological polar surface area (TPSA) is 38.1 Å². The predicted octanol–water partition coefficient (Wildman–Crippen LogP) is 4.29. The summed E-state index contributed by atoms with van der Waals surface area (Å²) in [7, 11) is 1.71. The van der Waals surface area contributed by atoms with E-state index in [0.29, 0.717) is 18.8 Å². The van der Waals surface area contributed by atoms with E-state index in [2.05, 4.69) is 40.1 Å². The first kappa shape index (κ1) is 22.1. The van der Waals surface area contributed by atoms with E-state index in [-0.39, 0.29) is 0 Å². The summed E-state index contributed by atoms with van der Waals surface area (Å²) in [6.07, 6.45) is 7.80. The number of fused-ring (bicyclic) bond motifs is 1. The van der Waals surface area contributed by atoms with Gasteiger partial charge in [-0.2, -0.15) is 0 Å². The second kappa shape index (κ2) is 10.5. The van der Waals surface area contributed by atoms with Crippen molar-refractivity contribution >= 4 is 0 Å². The molecule has 3 heterocycles. The lowest BCUT2D eigenvalue weighted by Gasteiger charge is -2.38. The van der Waals surface area contributed by atoms with Crippen LogP contribution < -0.4 is 0 Å². The third-order valence-electron chi connectivity index (χ3n) is 7.58. The van der Waals surface area contributed by atoms with Crippen molar-refractivity contribution in [3.05, 3.63) is 59.0 Å². The van der Waals surface area contributed by atoms with Gasteiger partial charge in [0.1, 0.15) is 18.1 Å². The summed E-state index contributed by atoms with van der Waals surface area (Å²) in [5.74, 6) is 2.70. The molecule has 5 nitrogen and oxygen atoms in total. The molecule has 2 saturated heterocycles. The lowest BCUT2D eigenvalue weighted by Crippen LogP contribution is -2.44. The Morgan fingerprint density at radius 1 is 0.969 bits per heavy atom. The molecule has 0 amide bonds. The second-order valence-electron chi connectivity index (χ2n) is 9.94. The molecule has 0 N–H and O–H groups in total. The van der Waals surface area contributed by atoms with Crippen LogP contribution in [0, 0.1) is 5.92 Å². The van der Waals surface area contributed by atoms with E-state index < -0.39 is 0 Å². The van der Waals surface area contributed by atoms with Crippen LogP contribution in [0.3, 0.4) is 0 Å². The first-order valence-corrected chi connectivity index (χ1v) is 12.5. The summed E-state index contributed by atoms with van der Waals surface area (Å²) >= 11 is 0. The maximum absolute atomic E-state index is 6.01. The number of benzene rings is 1. The highest BCUT2D eigenvalue weighted by Gasteiger charge is 2.31. The van der Waals surface area contributed by atoms with Gasteiger partial charge >= 0.3 is 0 Å². The minimum atomic E-state index is 0.375. The van der Waals surface area contributed by atoms with Gasteiger partial charge in [0.2, 0.25) is 0 Å². The normalized spacial score (nSPS) is 22.8. The van der Waals surface area contributed by atoms with Crippen molar-refractivity contribution in [2.75, 3.05) is 39.9 Å². The van der Waals surface area contributed by atoms with Gasteiger partial charge in [-0.15, -0.1) is 0 Å². The zero-order valence-corrected chi connectivity index (χ0v) is 19.5. The lowest BCUT2D eigenvalue weighted by atomic mass is 9.94. The van der Waals surface area contributed by atoms with Crippen LogP contribution in [0.1, 0.15) is 48.3 Å². The van der Waals surface area contributed by atoms with E-state index in [0.717, 1.165) is 43.7 Å². The Labute approximate surface area is 192 Å². The number of ether oxygens (including phenoxy) is 2. The van der Waals surface area contributed by atoms with Crippen molar-refractivity contribution in [3.63, 3.8) is 0 Å². The van der Waals surface area contributed by atoms with Gasteiger partial charge < -0.3 is 13.9 Å². The SMILES string of the molecule is COCc1ccc(CN(CC2CCN(C3Cc4ccccc4C3)CC2)CC2CCCO2)o1. The van der Waals surface area contributed by atoms with Crippen LogP contribution in [0.5, 0.6) is 0 Å². The maximum Gasteiger partial charge on any atom is 0.129 e. The molecule has 2 aromatic rings. The zero-order chi connectivity index (χ0) is 21.8. The van der Waals surface area contributed by atoms with Crippen molar-refractivity contribution in [2.45, 2.75) is 63.8 Å². The van der Waals surface area contributed by atoms with Crippen molar-refractivity contribution in [2.24, 2.45) is 5.92 Å². The standard InChI is InChI=1S/C27H38N2O3/c1-30-20-27-9-8-26(32-27)19-28(18-25-7-4-14-31-25)17-21-10-12-29(13-11-21)24-15-22-5-2-3-6-23(22)16-24/h2-3,5-6,8-9,21,24-25H,4,7,10-20H2,1H3. The van der Waals surface area contributed by atoms with Crippen LogP contribution >= 0.6 is 0 Å². The highest BCUT2D eigenvalue weighted by Crippen LogP contribution is 2.29. The molecule has 1 aromatic heterocycles. The Morgan fingerprint density at radius 3 is 2.41 bits per heavy atom. The van der Waals surface area contributed by atoms with Crippen LogP contribution in [0.15, 0.2) is 40.8 Å². The Balaban J connectivity index is 1.15. The molecular formula is C27H38N2O3. The molecule has 2 aliphatic heterocycles. The van der Waals surface area contributed by atoms with Gasteiger partial charge in [-0.05, 0) is 80.8 Å². The molecule has 5 heteroatoms. The summed E-state index contributed by atoms with van der Waals surface area (Å²) in [5, 5.41) is 0. The number of piperidine rings is 1. The summed E-state index contributed by atoms with van der Waals surface area (Å²) in [4.78, 5) is 5.33. The number of hydrogen-bond donors (Lipinski definition) is 0. The molecule has 3 aliphatic rings. The lowest BCUT2D eigenvalue weighted by molar-refractivity contribution is 0.0511. The third-order valence-corrected chi connectivity index (χ3v) is 7.58.